The van der Waals surface area contributed by atoms with Crippen molar-refractivity contribution >= 4 is 17.5 Å². The van der Waals surface area contributed by atoms with Gasteiger partial charge in [0.25, 0.3) is 0 Å². The maximum Gasteiger partial charge on any atom is 0.194 e. The number of halogens is 3. The number of hydrazine groups is 2. The van der Waals surface area contributed by atoms with E-state index in [-0.39, 0.29) is 11.3 Å². The van der Waals surface area contributed by atoms with Crippen molar-refractivity contribution in [3.05, 3.63) is 65.6 Å². The van der Waals surface area contributed by atoms with Gasteiger partial charge >= 0.3 is 0 Å². The third-order valence-electron chi connectivity index (χ3n) is 5.71. The quantitative estimate of drug-likeness (QED) is 0.415. The summed E-state index contributed by atoms with van der Waals surface area (Å²) in [6.07, 6.45) is -2.16. The minimum absolute atomic E-state index is 0.0484. The zero-order valence-electron chi connectivity index (χ0n) is 18.9. The first-order chi connectivity index (χ1) is 16.7. The monoisotopic (exact) mass is 513 g/mol. The summed E-state index contributed by atoms with van der Waals surface area (Å²) in [7, 11) is 1.55. The molecule has 35 heavy (non-hydrogen) atoms. The lowest BCUT2D eigenvalue weighted by Crippen LogP contribution is -2.65. The third-order valence-corrected chi connectivity index (χ3v) is 6.85. The first-order valence-electron chi connectivity index (χ1n) is 10.9. The fourth-order valence-electron chi connectivity index (χ4n) is 4.03. The molecule has 2 heterocycles. The second-order valence-electron chi connectivity index (χ2n) is 8.06. The van der Waals surface area contributed by atoms with Crippen molar-refractivity contribution in [2.24, 2.45) is 0 Å². The highest BCUT2D eigenvalue weighted by atomic mass is 32.2. The van der Waals surface area contributed by atoms with Gasteiger partial charge in [0.05, 0.1) is 18.9 Å². The van der Waals surface area contributed by atoms with E-state index in [0.717, 1.165) is 17.0 Å². The number of aliphatic hydroxyl groups excluding tert-OH is 3. The highest BCUT2D eigenvalue weighted by Gasteiger charge is 2.48. The number of hydrogen-bond acceptors (Lipinski definition) is 9. The van der Waals surface area contributed by atoms with E-state index in [2.05, 4.69) is 5.53 Å². The Morgan fingerprint density at radius 2 is 1.83 bits per heavy atom. The molecule has 0 bridgehead atoms. The van der Waals surface area contributed by atoms with Gasteiger partial charge in [0.15, 0.2) is 17.5 Å². The van der Waals surface area contributed by atoms with Gasteiger partial charge in [0.1, 0.15) is 35.5 Å². The predicted molar refractivity (Wildman–Crippen MR) is 122 cm³/mol. The minimum Gasteiger partial charge on any atom is -0.494 e. The Balaban J connectivity index is 1.60. The first-order valence-corrected chi connectivity index (χ1v) is 11.8. The van der Waals surface area contributed by atoms with Gasteiger partial charge in [-0.15, -0.1) is 5.53 Å². The summed E-state index contributed by atoms with van der Waals surface area (Å²) in [5, 5.41) is 34.6. The molecule has 0 aromatic heterocycles. The molecule has 2 aromatic rings. The molecule has 4 N–H and O–H groups in total. The summed E-state index contributed by atoms with van der Waals surface area (Å²) < 4.78 is 52.3. The van der Waals surface area contributed by atoms with Gasteiger partial charge < -0.3 is 24.8 Å². The SMILES string of the molecule is CCOc1cccc(S[C@H]2OC(CO)[C@H](O)C(N3C=C(c4cc(F)c(F)c(F)c4)N(C)N3)C2O)c1. The number of benzene rings is 2. The van der Waals surface area contributed by atoms with E-state index in [9.17, 15) is 28.5 Å². The lowest BCUT2D eigenvalue weighted by molar-refractivity contribution is -0.192. The van der Waals surface area contributed by atoms with E-state index in [1.54, 1.807) is 25.2 Å². The number of nitrogens with one attached hydrogen (secondary N) is 1. The molecular formula is C23H26F3N3O5S. The largest absolute Gasteiger partial charge is 0.494 e. The summed E-state index contributed by atoms with van der Waals surface area (Å²) in [6.45, 7) is 1.85. The van der Waals surface area contributed by atoms with Crippen LogP contribution in [0, 0.1) is 17.5 Å². The van der Waals surface area contributed by atoms with Gasteiger partial charge in [-0.2, -0.15) is 0 Å². The zero-order valence-corrected chi connectivity index (χ0v) is 19.8. The zero-order chi connectivity index (χ0) is 25.3. The van der Waals surface area contributed by atoms with E-state index in [0.29, 0.717) is 12.4 Å². The van der Waals surface area contributed by atoms with Crippen LogP contribution in [-0.2, 0) is 4.74 Å². The molecule has 2 aromatic carbocycles. The number of rotatable bonds is 7. The highest BCUT2D eigenvalue weighted by Crippen LogP contribution is 2.37. The standard InChI is InChI=1S/C23H26F3N3O5S/c1-3-33-13-5-4-6-14(9-13)35-23-22(32)20(21(31)18(11-30)34-23)29-10-17(28(2)27-29)12-7-15(24)19(26)16(25)8-12/h4-10,18,20-23,27,30-32H,3,11H2,1-2H3/t18?,20?,21-,22?,23+/m0/s1. The number of aliphatic hydroxyl groups is 3. The molecule has 1 saturated heterocycles. The Bertz CT molecular complexity index is 1070. The molecule has 0 spiro atoms. The molecular weight excluding hydrogens is 487 g/mol. The van der Waals surface area contributed by atoms with Crippen molar-refractivity contribution in [2.45, 2.75) is 41.6 Å². The van der Waals surface area contributed by atoms with Crippen molar-refractivity contribution in [2.75, 3.05) is 20.3 Å². The lowest BCUT2D eigenvalue weighted by Gasteiger charge is -2.45. The molecule has 0 amide bonds. The van der Waals surface area contributed by atoms with Crippen molar-refractivity contribution in [1.29, 1.82) is 0 Å². The number of ether oxygens (including phenoxy) is 2. The summed E-state index contributed by atoms with van der Waals surface area (Å²) in [4.78, 5) is 0.742. The maximum atomic E-state index is 13.8. The van der Waals surface area contributed by atoms with Gasteiger partial charge in [0.2, 0.25) is 0 Å². The smallest absolute Gasteiger partial charge is 0.194 e. The van der Waals surface area contributed by atoms with Crippen LogP contribution in [0.2, 0.25) is 0 Å². The van der Waals surface area contributed by atoms with Crippen molar-refractivity contribution in [3.8, 4) is 5.75 Å². The fraction of sp³-hybridized carbons (Fsp3) is 0.391. The lowest BCUT2D eigenvalue weighted by atomic mass is 9.97. The Morgan fingerprint density at radius 1 is 1.11 bits per heavy atom. The van der Waals surface area contributed by atoms with Crippen LogP contribution in [0.1, 0.15) is 12.5 Å². The molecule has 2 aliphatic heterocycles. The van der Waals surface area contributed by atoms with Gasteiger partial charge in [-0.05, 0) is 37.3 Å². The minimum atomic E-state index is -1.57. The molecule has 12 heteroatoms. The molecule has 4 rings (SSSR count). The molecule has 1 fully saturated rings. The Kier molecular flexibility index (Phi) is 7.79. The van der Waals surface area contributed by atoms with Gasteiger partial charge in [0, 0.05) is 23.7 Å². The number of hydrogen-bond donors (Lipinski definition) is 4. The van der Waals surface area contributed by atoms with Crippen LogP contribution < -0.4 is 10.3 Å². The first kappa shape index (κ1) is 25.6. The second-order valence-corrected chi connectivity index (χ2v) is 9.23. The maximum absolute atomic E-state index is 13.8. The molecule has 0 radical (unpaired) electrons. The molecule has 0 saturated carbocycles. The number of nitrogens with zero attached hydrogens (tertiary/aromatic N) is 2. The highest BCUT2D eigenvalue weighted by molar-refractivity contribution is 7.99. The molecule has 3 unspecified atom stereocenters. The predicted octanol–water partition coefficient (Wildman–Crippen LogP) is 2.07. The average molecular weight is 514 g/mol. The molecule has 8 nitrogen and oxygen atoms in total. The molecule has 2 aliphatic rings. The van der Waals surface area contributed by atoms with Crippen molar-refractivity contribution < 1.29 is 38.0 Å². The van der Waals surface area contributed by atoms with E-state index in [4.69, 9.17) is 9.47 Å². The van der Waals surface area contributed by atoms with Crippen molar-refractivity contribution in [3.63, 3.8) is 0 Å². The second kappa shape index (κ2) is 10.6. The average Bonchev–Trinajstić information content (AvgIpc) is 3.20. The van der Waals surface area contributed by atoms with Gasteiger partial charge in [-0.3, -0.25) is 10.0 Å². The Labute approximate surface area is 204 Å². The van der Waals surface area contributed by atoms with E-state index in [1.165, 1.54) is 28.0 Å². The normalized spacial score (nSPS) is 26.7. The molecule has 190 valence electrons. The van der Waals surface area contributed by atoms with Crippen LogP contribution in [-0.4, -0.2) is 75.4 Å². The van der Waals surface area contributed by atoms with E-state index in [1.807, 2.05) is 13.0 Å². The van der Waals surface area contributed by atoms with E-state index < -0.39 is 53.8 Å². The Morgan fingerprint density at radius 3 is 2.49 bits per heavy atom. The van der Waals surface area contributed by atoms with E-state index >= 15 is 0 Å². The third kappa shape index (κ3) is 5.22. The van der Waals surface area contributed by atoms with Crippen LogP contribution in [0.4, 0.5) is 13.2 Å². The van der Waals surface area contributed by atoms with Crippen LogP contribution in [0.3, 0.4) is 0 Å². The molecule has 5 atom stereocenters. The summed E-state index contributed by atoms with van der Waals surface area (Å²) in [5.41, 5.74) is 2.33. The van der Waals surface area contributed by atoms with Crippen molar-refractivity contribution in [1.82, 2.24) is 15.6 Å². The van der Waals surface area contributed by atoms with Crippen LogP contribution in [0.5, 0.6) is 5.75 Å². The van der Waals surface area contributed by atoms with Crippen LogP contribution >= 0.6 is 11.8 Å². The van der Waals surface area contributed by atoms with Crippen LogP contribution in [0.25, 0.3) is 5.70 Å². The number of thioether (sulfide) groups is 1. The van der Waals surface area contributed by atoms with Gasteiger partial charge in [-0.25, -0.2) is 13.2 Å². The molecule has 0 aliphatic carbocycles. The topological polar surface area (TPSA) is 97.7 Å². The summed E-state index contributed by atoms with van der Waals surface area (Å²) in [6, 6.07) is 7.89. The van der Waals surface area contributed by atoms with Crippen LogP contribution in [0.15, 0.2) is 47.5 Å². The summed E-state index contributed by atoms with van der Waals surface area (Å²) >= 11 is 1.20. The summed E-state index contributed by atoms with van der Waals surface area (Å²) in [5.74, 6) is -3.61. The Hall–Kier alpha value is -2.48. The fourth-order valence-corrected chi connectivity index (χ4v) is 5.14. The van der Waals surface area contributed by atoms with Gasteiger partial charge in [-0.1, -0.05) is 17.8 Å².